The zero-order valence-electron chi connectivity index (χ0n) is 13.2. The smallest absolute Gasteiger partial charge is 0.326 e. The highest BCUT2D eigenvalue weighted by molar-refractivity contribution is 6.31. The second kappa shape index (κ2) is 5.97. The number of nitrogens with zero attached hydrogens (tertiary/aromatic N) is 1. The first-order valence-electron chi connectivity index (χ1n) is 7.98. The van der Waals surface area contributed by atoms with E-state index in [4.69, 9.17) is 11.6 Å². The van der Waals surface area contributed by atoms with E-state index in [1.54, 1.807) is 29.4 Å². The van der Waals surface area contributed by atoms with Gasteiger partial charge in [0.1, 0.15) is 6.04 Å². The summed E-state index contributed by atoms with van der Waals surface area (Å²) in [7, 11) is 0. The lowest BCUT2D eigenvalue weighted by Gasteiger charge is -2.32. The highest BCUT2D eigenvalue weighted by atomic mass is 35.5. The molecule has 0 bridgehead atoms. The van der Waals surface area contributed by atoms with E-state index in [1.807, 2.05) is 18.2 Å². The summed E-state index contributed by atoms with van der Waals surface area (Å²) in [6.45, 7) is 0.483. The molecule has 1 aromatic carbocycles. The van der Waals surface area contributed by atoms with E-state index in [9.17, 15) is 14.7 Å². The van der Waals surface area contributed by atoms with Crippen molar-refractivity contribution in [3.63, 3.8) is 0 Å². The third kappa shape index (κ3) is 2.68. The standard InChI is InChI=1S/C18H16ClN3O3/c19-10-1-2-12-14(8-16(18(24)25)21-15(12)7-10)13-4-6-22(17(13)23)11-3-5-20-9-11/h1-5,7,9,14,16,20-21H,6,8H2,(H,24,25). The first-order chi connectivity index (χ1) is 12.0. The normalized spacial score (nSPS) is 22.4. The molecule has 0 saturated carbocycles. The van der Waals surface area contributed by atoms with Gasteiger partial charge in [0.15, 0.2) is 0 Å². The van der Waals surface area contributed by atoms with Crippen molar-refractivity contribution in [1.82, 2.24) is 4.98 Å². The van der Waals surface area contributed by atoms with Gasteiger partial charge in [0.25, 0.3) is 5.91 Å². The van der Waals surface area contributed by atoms with Crippen molar-refractivity contribution in [3.8, 4) is 0 Å². The molecule has 3 N–H and O–H groups in total. The number of amides is 1. The lowest BCUT2D eigenvalue weighted by Crippen LogP contribution is -2.37. The molecule has 7 heteroatoms. The number of nitrogens with one attached hydrogen (secondary N) is 2. The summed E-state index contributed by atoms with van der Waals surface area (Å²) in [6, 6.07) is 6.42. The van der Waals surface area contributed by atoms with Crippen LogP contribution in [0.2, 0.25) is 5.02 Å². The van der Waals surface area contributed by atoms with Crippen molar-refractivity contribution in [2.45, 2.75) is 18.4 Å². The van der Waals surface area contributed by atoms with Gasteiger partial charge in [-0.2, -0.15) is 0 Å². The van der Waals surface area contributed by atoms with Crippen LogP contribution < -0.4 is 10.2 Å². The maximum atomic E-state index is 12.9. The van der Waals surface area contributed by atoms with Gasteiger partial charge in [0.2, 0.25) is 0 Å². The molecule has 0 aliphatic carbocycles. The molecule has 128 valence electrons. The number of carbonyl (C=O) groups is 2. The number of benzene rings is 1. The van der Waals surface area contributed by atoms with Crippen molar-refractivity contribution in [3.05, 3.63) is 58.9 Å². The summed E-state index contributed by atoms with van der Waals surface area (Å²) in [5.74, 6) is -1.30. The number of carboxylic acid groups (broad SMARTS) is 1. The Bertz CT molecular complexity index is 876. The van der Waals surface area contributed by atoms with Crippen LogP contribution in [-0.2, 0) is 9.59 Å². The molecule has 6 nitrogen and oxygen atoms in total. The fourth-order valence-electron chi connectivity index (χ4n) is 3.54. The molecule has 2 aliphatic heterocycles. The van der Waals surface area contributed by atoms with Crippen LogP contribution in [0, 0.1) is 0 Å². The van der Waals surface area contributed by atoms with Crippen molar-refractivity contribution in [2.75, 3.05) is 16.8 Å². The fraction of sp³-hybridized carbons (Fsp3) is 0.222. The molecular formula is C18H16ClN3O3. The first kappa shape index (κ1) is 15.8. The SMILES string of the molecule is O=C(O)C1CC(C2=CCN(c3cc[nH]c3)C2=O)c2ccc(Cl)cc2N1. The number of aromatic nitrogens is 1. The Labute approximate surface area is 149 Å². The van der Waals surface area contributed by atoms with E-state index in [0.29, 0.717) is 29.2 Å². The number of hydrogen-bond donors (Lipinski definition) is 3. The highest BCUT2D eigenvalue weighted by Crippen LogP contribution is 2.42. The predicted octanol–water partition coefficient (Wildman–Crippen LogP) is 2.99. The van der Waals surface area contributed by atoms with E-state index in [2.05, 4.69) is 10.3 Å². The summed E-state index contributed by atoms with van der Waals surface area (Å²) in [5, 5.41) is 13.0. The molecule has 0 fully saturated rings. The maximum absolute atomic E-state index is 12.9. The number of carboxylic acids is 1. The average molecular weight is 358 g/mol. The van der Waals surface area contributed by atoms with Crippen molar-refractivity contribution in [2.24, 2.45) is 0 Å². The summed E-state index contributed by atoms with van der Waals surface area (Å²) in [5.41, 5.74) is 3.01. The average Bonchev–Trinajstić information content (AvgIpc) is 3.22. The quantitative estimate of drug-likeness (QED) is 0.788. The number of rotatable bonds is 3. The minimum absolute atomic E-state index is 0.0865. The van der Waals surface area contributed by atoms with Gasteiger partial charge in [-0.25, -0.2) is 4.79 Å². The summed E-state index contributed by atoms with van der Waals surface area (Å²) in [4.78, 5) is 29.1. The Morgan fingerprint density at radius 1 is 1.32 bits per heavy atom. The molecule has 3 heterocycles. The number of fused-ring (bicyclic) bond motifs is 1. The fourth-order valence-corrected chi connectivity index (χ4v) is 3.71. The topological polar surface area (TPSA) is 85.4 Å². The zero-order chi connectivity index (χ0) is 17.6. The van der Waals surface area contributed by atoms with Crippen LogP contribution in [-0.4, -0.2) is 34.6 Å². The monoisotopic (exact) mass is 357 g/mol. The number of carbonyl (C=O) groups excluding carboxylic acids is 1. The Morgan fingerprint density at radius 2 is 2.16 bits per heavy atom. The van der Waals surface area contributed by atoms with Crippen molar-refractivity contribution in [1.29, 1.82) is 0 Å². The minimum atomic E-state index is -0.941. The van der Waals surface area contributed by atoms with Gasteiger partial charge < -0.3 is 20.3 Å². The molecule has 25 heavy (non-hydrogen) atoms. The highest BCUT2D eigenvalue weighted by Gasteiger charge is 2.38. The maximum Gasteiger partial charge on any atom is 0.326 e. The third-order valence-electron chi connectivity index (χ3n) is 4.74. The van der Waals surface area contributed by atoms with Crippen molar-refractivity contribution < 1.29 is 14.7 Å². The van der Waals surface area contributed by atoms with Crippen molar-refractivity contribution >= 4 is 34.9 Å². The zero-order valence-corrected chi connectivity index (χ0v) is 14.0. The lowest BCUT2D eigenvalue weighted by atomic mass is 9.81. The first-order valence-corrected chi connectivity index (χ1v) is 8.36. The van der Waals surface area contributed by atoms with Crippen LogP contribution in [0.25, 0.3) is 0 Å². The van der Waals surface area contributed by atoms with Crippen LogP contribution in [0.3, 0.4) is 0 Å². The Kier molecular flexibility index (Phi) is 3.77. The number of halogens is 1. The van der Waals surface area contributed by atoms with Crippen LogP contribution in [0.5, 0.6) is 0 Å². The summed E-state index contributed by atoms with van der Waals surface area (Å²) < 4.78 is 0. The van der Waals surface area contributed by atoms with Crippen LogP contribution in [0.15, 0.2) is 48.3 Å². The molecule has 4 rings (SSSR count). The molecule has 0 saturated heterocycles. The Morgan fingerprint density at radius 3 is 2.88 bits per heavy atom. The molecule has 1 aromatic heterocycles. The van der Waals surface area contributed by atoms with Gasteiger partial charge >= 0.3 is 5.97 Å². The molecule has 0 radical (unpaired) electrons. The lowest BCUT2D eigenvalue weighted by molar-refractivity contribution is -0.138. The molecule has 2 aliphatic rings. The van der Waals surface area contributed by atoms with Crippen LogP contribution in [0.1, 0.15) is 17.9 Å². The number of aromatic amines is 1. The number of hydrogen-bond acceptors (Lipinski definition) is 3. The molecule has 2 atom stereocenters. The number of aliphatic carboxylic acids is 1. The van der Waals surface area contributed by atoms with E-state index in [-0.39, 0.29) is 11.8 Å². The second-order valence-electron chi connectivity index (χ2n) is 6.20. The minimum Gasteiger partial charge on any atom is -0.480 e. The third-order valence-corrected chi connectivity index (χ3v) is 4.98. The van der Waals surface area contributed by atoms with Gasteiger partial charge in [-0.1, -0.05) is 23.7 Å². The van der Waals surface area contributed by atoms with E-state index in [1.165, 1.54) is 0 Å². The molecule has 1 amide bonds. The van der Waals surface area contributed by atoms with Gasteiger partial charge in [0.05, 0.1) is 5.69 Å². The summed E-state index contributed by atoms with van der Waals surface area (Å²) >= 11 is 6.05. The van der Waals surface area contributed by atoms with E-state index >= 15 is 0 Å². The summed E-state index contributed by atoms with van der Waals surface area (Å²) in [6.07, 6.45) is 5.75. The molecular weight excluding hydrogens is 342 g/mol. The van der Waals surface area contributed by atoms with Gasteiger partial charge in [-0.05, 0) is 30.2 Å². The van der Waals surface area contributed by atoms with E-state index < -0.39 is 12.0 Å². The number of H-pyrrole nitrogens is 1. The molecule has 2 aromatic rings. The Balaban J connectivity index is 1.70. The van der Waals surface area contributed by atoms with Gasteiger partial charge in [0, 0.05) is 41.1 Å². The van der Waals surface area contributed by atoms with Gasteiger partial charge in [-0.3, -0.25) is 4.79 Å². The predicted molar refractivity (Wildman–Crippen MR) is 95.1 cm³/mol. The van der Waals surface area contributed by atoms with Gasteiger partial charge in [-0.15, -0.1) is 0 Å². The van der Waals surface area contributed by atoms with Crippen LogP contribution >= 0.6 is 11.6 Å². The van der Waals surface area contributed by atoms with Crippen LogP contribution in [0.4, 0.5) is 11.4 Å². The Hall–Kier alpha value is -2.73. The molecule has 0 spiro atoms. The number of anilines is 2. The second-order valence-corrected chi connectivity index (χ2v) is 6.64. The van der Waals surface area contributed by atoms with E-state index in [0.717, 1.165) is 11.3 Å². The molecule has 2 unspecified atom stereocenters. The largest absolute Gasteiger partial charge is 0.480 e.